The maximum Gasteiger partial charge on any atom is 0.337 e. The van der Waals surface area contributed by atoms with Gasteiger partial charge in [-0.25, -0.2) is 14.5 Å². The van der Waals surface area contributed by atoms with Gasteiger partial charge in [-0.15, -0.1) is 0 Å². The third-order valence-electron chi connectivity index (χ3n) is 4.83. The van der Waals surface area contributed by atoms with Gasteiger partial charge in [0.2, 0.25) is 0 Å². The van der Waals surface area contributed by atoms with E-state index in [9.17, 15) is 19.2 Å². The summed E-state index contributed by atoms with van der Waals surface area (Å²) in [5.74, 6) is -1.79. The van der Waals surface area contributed by atoms with Gasteiger partial charge in [-0.3, -0.25) is 14.9 Å². The molecule has 10 heteroatoms. The summed E-state index contributed by atoms with van der Waals surface area (Å²) in [6.45, 7) is 0. The monoisotopic (exact) mass is 466 g/mol. The van der Waals surface area contributed by atoms with Gasteiger partial charge < -0.3 is 14.3 Å². The van der Waals surface area contributed by atoms with Crippen LogP contribution in [0.3, 0.4) is 0 Å². The fourth-order valence-corrected chi connectivity index (χ4v) is 3.45. The number of barbiturate groups is 1. The van der Waals surface area contributed by atoms with E-state index in [0.29, 0.717) is 17.1 Å². The van der Waals surface area contributed by atoms with Crippen LogP contribution in [0.5, 0.6) is 5.75 Å². The lowest BCUT2D eigenvalue weighted by molar-refractivity contribution is -0.122. The first kappa shape index (κ1) is 21.8. The zero-order chi connectivity index (χ0) is 23.7. The molecule has 4 rings (SSSR count). The predicted molar refractivity (Wildman–Crippen MR) is 118 cm³/mol. The number of carboxylic acids is 1. The third kappa shape index (κ3) is 4.21. The van der Waals surface area contributed by atoms with Gasteiger partial charge >= 0.3 is 12.0 Å². The van der Waals surface area contributed by atoms with Gasteiger partial charge in [0.1, 0.15) is 22.8 Å². The van der Waals surface area contributed by atoms with E-state index < -0.39 is 23.8 Å². The first-order chi connectivity index (χ1) is 15.8. The number of nitrogens with one attached hydrogen (secondary N) is 1. The Morgan fingerprint density at radius 3 is 2.45 bits per heavy atom. The number of hydrogen-bond donors (Lipinski definition) is 2. The molecular weight excluding hydrogens is 452 g/mol. The highest BCUT2D eigenvalue weighted by atomic mass is 35.5. The molecule has 9 nitrogen and oxygen atoms in total. The molecule has 3 aromatic rings. The highest BCUT2D eigenvalue weighted by Gasteiger charge is 2.37. The van der Waals surface area contributed by atoms with E-state index in [4.69, 9.17) is 25.9 Å². The van der Waals surface area contributed by atoms with Gasteiger partial charge in [0.15, 0.2) is 0 Å². The Kier molecular flexibility index (Phi) is 5.72. The van der Waals surface area contributed by atoms with Crippen LogP contribution in [-0.4, -0.2) is 36.0 Å². The number of rotatable bonds is 5. The molecule has 1 aliphatic rings. The second kappa shape index (κ2) is 8.64. The molecule has 166 valence electrons. The molecule has 0 atom stereocenters. The Hall–Kier alpha value is -4.37. The quantitative estimate of drug-likeness (QED) is 0.430. The zero-order valence-corrected chi connectivity index (χ0v) is 17.8. The molecule has 0 radical (unpaired) electrons. The summed E-state index contributed by atoms with van der Waals surface area (Å²) in [5, 5.41) is 11.3. The van der Waals surface area contributed by atoms with Crippen molar-refractivity contribution in [1.82, 2.24) is 5.32 Å². The van der Waals surface area contributed by atoms with Crippen molar-refractivity contribution in [1.29, 1.82) is 0 Å². The summed E-state index contributed by atoms with van der Waals surface area (Å²) in [6.07, 6.45) is 1.22. The molecule has 0 spiro atoms. The number of urea groups is 1. The molecule has 0 aliphatic carbocycles. The summed E-state index contributed by atoms with van der Waals surface area (Å²) in [4.78, 5) is 49.6. The molecule has 2 aromatic carbocycles. The first-order valence-corrected chi connectivity index (χ1v) is 9.85. The van der Waals surface area contributed by atoms with Crippen LogP contribution >= 0.6 is 11.6 Å². The average Bonchev–Trinajstić information content (AvgIpc) is 3.25. The topological polar surface area (TPSA) is 126 Å². The van der Waals surface area contributed by atoms with Crippen molar-refractivity contribution in [2.45, 2.75) is 0 Å². The van der Waals surface area contributed by atoms with Crippen molar-refractivity contribution in [2.75, 3.05) is 12.0 Å². The number of ether oxygens (including phenoxy) is 1. The van der Waals surface area contributed by atoms with E-state index in [1.54, 1.807) is 18.2 Å². The Morgan fingerprint density at radius 2 is 1.82 bits per heavy atom. The lowest BCUT2D eigenvalue weighted by Gasteiger charge is -2.26. The number of carboxylic acid groups (broad SMARTS) is 1. The van der Waals surface area contributed by atoms with Crippen molar-refractivity contribution in [3.63, 3.8) is 0 Å². The minimum absolute atomic E-state index is 0.0341. The Bertz CT molecular complexity index is 1320. The fourth-order valence-electron chi connectivity index (χ4n) is 3.19. The van der Waals surface area contributed by atoms with Gasteiger partial charge in [-0.1, -0.05) is 17.7 Å². The number of halogens is 1. The van der Waals surface area contributed by atoms with Crippen molar-refractivity contribution in [3.05, 3.63) is 76.5 Å². The number of methoxy groups -OCH3 is 1. The van der Waals surface area contributed by atoms with Gasteiger partial charge in [0.25, 0.3) is 11.8 Å². The Balaban J connectivity index is 1.64. The molecule has 2 N–H and O–H groups in total. The number of imide groups is 2. The largest absolute Gasteiger partial charge is 0.497 e. The second-order valence-electron chi connectivity index (χ2n) is 6.86. The molecule has 4 amide bonds. The van der Waals surface area contributed by atoms with Crippen LogP contribution in [0.4, 0.5) is 10.5 Å². The summed E-state index contributed by atoms with van der Waals surface area (Å²) in [5.41, 5.74) is 0.404. The second-order valence-corrected chi connectivity index (χ2v) is 7.26. The van der Waals surface area contributed by atoms with Crippen LogP contribution < -0.4 is 15.0 Å². The number of hydrogen-bond acceptors (Lipinski definition) is 6. The predicted octanol–water partition coefficient (Wildman–Crippen LogP) is 3.97. The molecule has 0 bridgehead atoms. The van der Waals surface area contributed by atoms with E-state index in [-0.39, 0.29) is 27.6 Å². The van der Waals surface area contributed by atoms with Gasteiger partial charge in [0, 0.05) is 5.56 Å². The molecule has 2 heterocycles. The summed E-state index contributed by atoms with van der Waals surface area (Å²) in [7, 11) is 1.49. The SMILES string of the molecule is COc1ccc(N2C(=O)NC(=O)C(=Cc3ccc(-c4ccc(C(=O)O)c(Cl)c4)o3)C2=O)cc1. The Morgan fingerprint density at radius 1 is 1.09 bits per heavy atom. The molecule has 1 saturated heterocycles. The maximum absolute atomic E-state index is 13.0. The number of nitrogens with zero attached hydrogens (tertiary/aromatic N) is 1. The van der Waals surface area contributed by atoms with Gasteiger partial charge in [-0.2, -0.15) is 0 Å². The van der Waals surface area contributed by atoms with Crippen LogP contribution in [0.1, 0.15) is 16.1 Å². The standard InChI is InChI=1S/C23H15ClN2O7/c1-32-14-5-3-13(4-6-14)26-21(28)17(20(27)25-23(26)31)11-15-7-9-19(33-15)12-2-8-16(22(29)30)18(24)10-12/h2-11H,1H3,(H,29,30)(H,25,27,31). The highest BCUT2D eigenvalue weighted by Crippen LogP contribution is 2.29. The number of aromatic carboxylic acids is 1. The van der Waals surface area contributed by atoms with Crippen molar-refractivity contribution < 1.29 is 33.4 Å². The summed E-state index contributed by atoms with van der Waals surface area (Å²) < 4.78 is 10.8. The van der Waals surface area contributed by atoms with Crippen molar-refractivity contribution in [2.24, 2.45) is 0 Å². The van der Waals surface area contributed by atoms with Crippen LogP contribution in [0.25, 0.3) is 17.4 Å². The number of benzene rings is 2. The number of furan rings is 1. The van der Waals surface area contributed by atoms with E-state index >= 15 is 0 Å². The first-order valence-electron chi connectivity index (χ1n) is 9.47. The maximum atomic E-state index is 13.0. The molecule has 1 aromatic heterocycles. The number of carbonyl (C=O) groups is 4. The van der Waals surface area contributed by atoms with Crippen molar-refractivity contribution in [3.8, 4) is 17.1 Å². The van der Waals surface area contributed by atoms with E-state index in [1.165, 1.54) is 49.6 Å². The zero-order valence-electron chi connectivity index (χ0n) is 17.0. The molecule has 0 unspecified atom stereocenters. The highest BCUT2D eigenvalue weighted by molar-refractivity contribution is 6.39. The average molecular weight is 467 g/mol. The van der Waals surface area contributed by atoms with Crippen molar-refractivity contribution >= 4 is 47.2 Å². The molecule has 33 heavy (non-hydrogen) atoms. The smallest absolute Gasteiger partial charge is 0.337 e. The fraction of sp³-hybridized carbons (Fsp3) is 0.0435. The number of amides is 4. The van der Waals surface area contributed by atoms with E-state index in [2.05, 4.69) is 5.32 Å². The minimum Gasteiger partial charge on any atom is -0.497 e. The van der Waals surface area contributed by atoms with E-state index in [0.717, 1.165) is 4.90 Å². The molecule has 1 fully saturated rings. The van der Waals surface area contributed by atoms with Crippen LogP contribution in [0.2, 0.25) is 5.02 Å². The Labute approximate surface area is 191 Å². The molecular formula is C23H15ClN2O7. The van der Waals surface area contributed by atoms with Crippen LogP contribution in [0, 0.1) is 0 Å². The molecule has 0 saturated carbocycles. The molecule has 1 aliphatic heterocycles. The normalized spacial score (nSPS) is 15.0. The lowest BCUT2D eigenvalue weighted by Crippen LogP contribution is -2.54. The summed E-state index contributed by atoms with van der Waals surface area (Å²) >= 11 is 6.00. The van der Waals surface area contributed by atoms with Gasteiger partial charge in [-0.05, 0) is 54.6 Å². The number of carbonyl (C=O) groups excluding carboxylic acids is 3. The van der Waals surface area contributed by atoms with E-state index in [1.807, 2.05) is 0 Å². The van der Waals surface area contributed by atoms with Crippen LogP contribution in [-0.2, 0) is 9.59 Å². The van der Waals surface area contributed by atoms with Crippen LogP contribution in [0.15, 0.2) is 64.6 Å². The van der Waals surface area contributed by atoms with Gasteiger partial charge in [0.05, 0.1) is 23.4 Å². The lowest BCUT2D eigenvalue weighted by atomic mass is 10.1. The third-order valence-corrected chi connectivity index (χ3v) is 5.14. The minimum atomic E-state index is -1.16. The number of anilines is 1. The summed E-state index contributed by atoms with van der Waals surface area (Å²) in [6, 6.07) is 12.7.